The van der Waals surface area contributed by atoms with Crippen LogP contribution in [-0.2, 0) is 31.4 Å². The second kappa shape index (κ2) is 7.99. The molecule has 0 aliphatic carbocycles. The van der Waals surface area contributed by atoms with Crippen LogP contribution in [0.25, 0.3) is 0 Å². The van der Waals surface area contributed by atoms with Crippen LogP contribution >= 0.6 is 0 Å². The number of anilines is 1. The van der Waals surface area contributed by atoms with Crippen LogP contribution in [0.1, 0.15) is 12.5 Å². The third kappa shape index (κ3) is 4.22. The number of urea groups is 1. The largest absolute Gasteiger partial charge is 0.481 e. The Morgan fingerprint density at radius 3 is 2.29 bits per heavy atom. The fourth-order valence-corrected chi connectivity index (χ4v) is 6.13. The molecule has 0 saturated carbocycles. The van der Waals surface area contributed by atoms with Crippen LogP contribution in [-0.4, -0.2) is 57.3 Å². The minimum Gasteiger partial charge on any atom is -0.481 e. The highest BCUT2D eigenvalue weighted by Gasteiger charge is 2.41. The predicted octanol–water partition coefficient (Wildman–Crippen LogP) is 0.0550. The molecule has 0 bridgehead atoms. The van der Waals surface area contributed by atoms with Gasteiger partial charge in [0.2, 0.25) is 23.6 Å². The minimum atomic E-state index is -4.65. The van der Waals surface area contributed by atoms with Gasteiger partial charge in [-0.2, -0.15) is 9.97 Å². The van der Waals surface area contributed by atoms with E-state index in [1.807, 2.05) is 0 Å². The zero-order chi connectivity index (χ0) is 23.0. The third-order valence-electron chi connectivity index (χ3n) is 4.11. The summed E-state index contributed by atoms with van der Waals surface area (Å²) in [5, 5.41) is 2.11. The molecule has 15 heteroatoms. The standard InChI is InChI=1S/C16H17N5O8S2/c1-9(22)21-8-10-5-4-6-11(14(10)31(21,26)27)30(24,25)20-16(23)19-15-17-12(28-2)7-13(18-15)29-3/h4-7H,8H2,1-3H3,(H2,17,18,19,20,23). The molecule has 166 valence electrons. The van der Waals surface area contributed by atoms with Crippen LogP contribution < -0.4 is 19.5 Å². The van der Waals surface area contributed by atoms with Crippen molar-refractivity contribution in [1.82, 2.24) is 19.0 Å². The molecule has 0 radical (unpaired) electrons. The van der Waals surface area contributed by atoms with Crippen molar-refractivity contribution in [3.63, 3.8) is 0 Å². The molecule has 1 aliphatic rings. The Morgan fingerprint density at radius 2 is 1.74 bits per heavy atom. The van der Waals surface area contributed by atoms with Crippen molar-refractivity contribution in [2.24, 2.45) is 0 Å². The number of amides is 3. The van der Waals surface area contributed by atoms with Crippen LogP contribution in [0.3, 0.4) is 0 Å². The van der Waals surface area contributed by atoms with Crippen molar-refractivity contribution in [3.8, 4) is 11.8 Å². The summed E-state index contributed by atoms with van der Waals surface area (Å²) >= 11 is 0. The normalized spacial score (nSPS) is 14.5. The molecule has 0 unspecified atom stereocenters. The smallest absolute Gasteiger partial charge is 0.335 e. The number of hydrogen-bond acceptors (Lipinski definition) is 10. The quantitative estimate of drug-likeness (QED) is 0.606. The van der Waals surface area contributed by atoms with Gasteiger partial charge in [0.25, 0.3) is 20.0 Å². The summed E-state index contributed by atoms with van der Waals surface area (Å²) in [4.78, 5) is 30.3. The van der Waals surface area contributed by atoms with Crippen LogP contribution in [0.4, 0.5) is 10.7 Å². The SMILES string of the molecule is COc1cc(OC)nc(NC(=O)NS(=O)(=O)c2cccc3c2S(=O)(=O)N(C(C)=O)C3)n1. The van der Waals surface area contributed by atoms with Gasteiger partial charge < -0.3 is 9.47 Å². The van der Waals surface area contributed by atoms with E-state index in [1.165, 1.54) is 32.4 Å². The first-order valence-corrected chi connectivity index (χ1v) is 11.4. The van der Waals surface area contributed by atoms with Gasteiger partial charge in [-0.1, -0.05) is 12.1 Å². The number of benzene rings is 1. The van der Waals surface area contributed by atoms with Gasteiger partial charge in [-0.05, 0) is 11.6 Å². The average molecular weight is 471 g/mol. The molecule has 1 aromatic heterocycles. The lowest BCUT2D eigenvalue weighted by atomic mass is 10.2. The van der Waals surface area contributed by atoms with E-state index < -0.39 is 41.8 Å². The maximum absolute atomic E-state index is 12.8. The Morgan fingerprint density at radius 1 is 1.13 bits per heavy atom. The number of aromatic nitrogens is 2. The van der Waals surface area contributed by atoms with E-state index in [0.717, 1.165) is 13.0 Å². The molecule has 31 heavy (non-hydrogen) atoms. The lowest BCUT2D eigenvalue weighted by Gasteiger charge is -2.13. The highest BCUT2D eigenvalue weighted by Crippen LogP contribution is 2.35. The lowest BCUT2D eigenvalue weighted by Crippen LogP contribution is -2.36. The van der Waals surface area contributed by atoms with Gasteiger partial charge in [0.1, 0.15) is 9.79 Å². The maximum atomic E-state index is 12.8. The van der Waals surface area contributed by atoms with Gasteiger partial charge in [-0.15, -0.1) is 0 Å². The summed E-state index contributed by atoms with van der Waals surface area (Å²) in [6.07, 6.45) is 0. The van der Waals surface area contributed by atoms with Crippen molar-refractivity contribution in [3.05, 3.63) is 29.8 Å². The molecule has 2 N–H and O–H groups in total. The Kier molecular flexibility index (Phi) is 5.73. The number of hydrogen-bond donors (Lipinski definition) is 2. The molecular formula is C16H17N5O8S2. The van der Waals surface area contributed by atoms with Crippen LogP contribution in [0.5, 0.6) is 11.8 Å². The number of carbonyl (C=O) groups is 2. The topological polar surface area (TPSA) is 174 Å². The summed E-state index contributed by atoms with van der Waals surface area (Å²) in [5.74, 6) is -1.01. The summed E-state index contributed by atoms with van der Waals surface area (Å²) < 4.78 is 63.0. The number of sulfonamides is 2. The molecule has 13 nitrogen and oxygen atoms in total. The monoisotopic (exact) mass is 471 g/mol. The van der Waals surface area contributed by atoms with Gasteiger partial charge in [-0.3, -0.25) is 10.1 Å². The van der Waals surface area contributed by atoms with E-state index in [0.29, 0.717) is 4.31 Å². The van der Waals surface area contributed by atoms with Crippen molar-refractivity contribution in [2.75, 3.05) is 19.5 Å². The fraction of sp³-hybridized carbons (Fsp3) is 0.250. The van der Waals surface area contributed by atoms with E-state index in [1.54, 1.807) is 4.72 Å². The van der Waals surface area contributed by atoms with Crippen molar-refractivity contribution >= 4 is 37.9 Å². The minimum absolute atomic E-state index is 0.0429. The van der Waals surface area contributed by atoms with Gasteiger partial charge in [0.05, 0.1) is 26.8 Å². The molecule has 0 fully saturated rings. The number of nitrogens with one attached hydrogen (secondary N) is 2. The molecule has 1 aromatic carbocycles. The predicted molar refractivity (Wildman–Crippen MR) is 104 cm³/mol. The molecule has 3 rings (SSSR count). The molecule has 0 spiro atoms. The van der Waals surface area contributed by atoms with Crippen molar-refractivity contribution in [2.45, 2.75) is 23.3 Å². The summed E-state index contributed by atoms with van der Waals surface area (Å²) in [6, 6.07) is 3.78. The van der Waals surface area contributed by atoms with Gasteiger partial charge >= 0.3 is 6.03 Å². The van der Waals surface area contributed by atoms with Crippen LogP contribution in [0.2, 0.25) is 0 Å². The Bertz CT molecular complexity index is 1250. The highest BCUT2D eigenvalue weighted by molar-refractivity contribution is 7.93. The van der Waals surface area contributed by atoms with Crippen molar-refractivity contribution < 1.29 is 35.9 Å². The van der Waals surface area contributed by atoms with Gasteiger partial charge in [0, 0.05) is 6.92 Å². The third-order valence-corrected chi connectivity index (χ3v) is 7.58. The van der Waals surface area contributed by atoms with Crippen LogP contribution in [0.15, 0.2) is 34.1 Å². The molecule has 1 aliphatic heterocycles. The summed E-state index contributed by atoms with van der Waals surface area (Å²) in [6.45, 7) is 0.742. The maximum Gasteiger partial charge on any atom is 0.335 e. The number of rotatable bonds is 5. The number of nitrogens with zero attached hydrogens (tertiary/aromatic N) is 3. The zero-order valence-electron chi connectivity index (χ0n) is 16.4. The average Bonchev–Trinajstić information content (AvgIpc) is 2.98. The molecular weight excluding hydrogens is 454 g/mol. The van der Waals surface area contributed by atoms with Gasteiger partial charge in [-0.25, -0.2) is 30.7 Å². The van der Waals surface area contributed by atoms with E-state index in [4.69, 9.17) is 9.47 Å². The first kappa shape index (κ1) is 22.2. The number of carbonyl (C=O) groups excluding carboxylic acids is 2. The van der Waals surface area contributed by atoms with Crippen LogP contribution in [0, 0.1) is 0 Å². The first-order valence-electron chi connectivity index (χ1n) is 8.45. The molecule has 2 aromatic rings. The molecule has 0 saturated heterocycles. The van der Waals surface area contributed by atoms with E-state index >= 15 is 0 Å². The summed E-state index contributed by atoms with van der Waals surface area (Å²) in [7, 11) is -6.42. The second-order valence-corrected chi connectivity index (χ2v) is 9.56. The second-order valence-electron chi connectivity index (χ2n) is 6.11. The number of methoxy groups -OCH3 is 2. The lowest BCUT2D eigenvalue weighted by molar-refractivity contribution is -0.124. The molecule has 2 heterocycles. The fourth-order valence-electron chi connectivity index (χ4n) is 2.79. The highest BCUT2D eigenvalue weighted by atomic mass is 32.2. The molecule has 0 atom stereocenters. The van der Waals surface area contributed by atoms with Crippen molar-refractivity contribution in [1.29, 1.82) is 0 Å². The number of fused-ring (bicyclic) bond motifs is 1. The number of ether oxygens (including phenoxy) is 2. The Labute approximate surface area is 177 Å². The Balaban J connectivity index is 1.91. The van der Waals surface area contributed by atoms with E-state index in [-0.39, 0.29) is 29.8 Å². The van der Waals surface area contributed by atoms with E-state index in [2.05, 4.69) is 15.3 Å². The molecule has 3 amide bonds. The van der Waals surface area contributed by atoms with Gasteiger partial charge in [0.15, 0.2) is 0 Å². The first-order chi connectivity index (χ1) is 14.5. The summed E-state index contributed by atoms with van der Waals surface area (Å²) in [5.41, 5.74) is 0.111. The zero-order valence-corrected chi connectivity index (χ0v) is 18.1. The van der Waals surface area contributed by atoms with E-state index in [9.17, 15) is 26.4 Å². The Hall–Kier alpha value is -3.46.